The van der Waals surface area contributed by atoms with Crippen LogP contribution in [0.2, 0.25) is 0 Å². The second-order valence-electron chi connectivity index (χ2n) is 7.07. The molecule has 4 rings (SSSR count). The molecule has 0 spiro atoms. The van der Waals surface area contributed by atoms with E-state index < -0.39 is 0 Å². The molecule has 134 valence electrons. The second kappa shape index (κ2) is 6.44. The third-order valence-corrected chi connectivity index (χ3v) is 5.25. The Kier molecular flexibility index (Phi) is 4.11. The van der Waals surface area contributed by atoms with E-state index >= 15 is 0 Å². The largest absolute Gasteiger partial charge is 0.346 e. The lowest BCUT2D eigenvalue weighted by molar-refractivity contribution is 0.0944. The molecule has 0 aliphatic heterocycles. The SMILES string of the molecule is Cc1cc2cc(CNC(=O)c3n[nH]c4c3CCCC4)c(=O)[nH]c2cc1C. The molecule has 0 fully saturated rings. The Labute approximate surface area is 151 Å². The number of H-pyrrole nitrogens is 2. The molecule has 0 unspecified atom stereocenters. The van der Waals surface area contributed by atoms with Crippen molar-refractivity contribution in [2.75, 3.05) is 0 Å². The number of rotatable bonds is 3. The quantitative estimate of drug-likeness (QED) is 0.678. The summed E-state index contributed by atoms with van der Waals surface area (Å²) in [6, 6.07) is 5.88. The number of aryl methyl sites for hydroxylation is 3. The van der Waals surface area contributed by atoms with Crippen molar-refractivity contribution in [3.05, 3.63) is 62.2 Å². The first-order chi connectivity index (χ1) is 12.5. The minimum Gasteiger partial charge on any atom is -0.346 e. The van der Waals surface area contributed by atoms with Gasteiger partial charge in [0.15, 0.2) is 5.69 Å². The number of aromatic nitrogens is 3. The summed E-state index contributed by atoms with van der Waals surface area (Å²) in [5.74, 6) is -0.232. The molecule has 1 aliphatic rings. The molecule has 3 aromatic rings. The van der Waals surface area contributed by atoms with E-state index in [0.717, 1.165) is 53.4 Å². The number of pyridine rings is 1. The monoisotopic (exact) mass is 350 g/mol. The minimum atomic E-state index is -0.232. The molecule has 2 heterocycles. The molecule has 3 N–H and O–H groups in total. The summed E-state index contributed by atoms with van der Waals surface area (Å²) in [5.41, 5.74) is 6.03. The zero-order valence-electron chi connectivity index (χ0n) is 15.0. The molecule has 1 aromatic carbocycles. The third-order valence-electron chi connectivity index (χ3n) is 5.25. The van der Waals surface area contributed by atoms with E-state index in [9.17, 15) is 9.59 Å². The first-order valence-electron chi connectivity index (χ1n) is 9.00. The van der Waals surface area contributed by atoms with Gasteiger partial charge in [0.05, 0.1) is 0 Å². The standard InChI is InChI=1S/C20H22N4O2/c1-11-7-13-9-14(19(25)22-17(13)8-12(11)2)10-21-20(26)18-15-5-3-4-6-16(15)23-24-18/h7-9H,3-6,10H2,1-2H3,(H,21,26)(H,22,25)(H,23,24). The van der Waals surface area contributed by atoms with Crippen LogP contribution in [0.25, 0.3) is 10.9 Å². The summed E-state index contributed by atoms with van der Waals surface area (Å²) in [5, 5.41) is 11.0. The summed E-state index contributed by atoms with van der Waals surface area (Å²) >= 11 is 0. The minimum absolute atomic E-state index is 0.176. The average molecular weight is 350 g/mol. The Bertz CT molecular complexity index is 1060. The molecule has 1 aliphatic carbocycles. The maximum absolute atomic E-state index is 12.5. The number of hydrogen-bond acceptors (Lipinski definition) is 3. The number of carbonyl (C=O) groups is 1. The van der Waals surface area contributed by atoms with Crippen molar-refractivity contribution in [1.29, 1.82) is 0 Å². The van der Waals surface area contributed by atoms with Crippen molar-refractivity contribution in [2.24, 2.45) is 0 Å². The maximum atomic E-state index is 12.5. The first-order valence-corrected chi connectivity index (χ1v) is 9.00. The lowest BCUT2D eigenvalue weighted by Crippen LogP contribution is -2.28. The van der Waals surface area contributed by atoms with Crippen molar-refractivity contribution in [1.82, 2.24) is 20.5 Å². The van der Waals surface area contributed by atoms with Crippen LogP contribution in [0.5, 0.6) is 0 Å². The average Bonchev–Trinajstić information content (AvgIpc) is 3.05. The predicted octanol–water partition coefficient (Wildman–Crippen LogP) is 2.68. The van der Waals surface area contributed by atoms with Crippen LogP contribution in [0.15, 0.2) is 23.0 Å². The molecule has 1 amide bonds. The van der Waals surface area contributed by atoms with Crippen LogP contribution in [0.3, 0.4) is 0 Å². The Hall–Kier alpha value is -2.89. The van der Waals surface area contributed by atoms with Gasteiger partial charge in [-0.1, -0.05) is 0 Å². The highest BCUT2D eigenvalue weighted by molar-refractivity contribution is 5.94. The van der Waals surface area contributed by atoms with Crippen molar-refractivity contribution in [3.63, 3.8) is 0 Å². The van der Waals surface area contributed by atoms with Gasteiger partial charge < -0.3 is 10.3 Å². The molecular formula is C20H22N4O2. The van der Waals surface area contributed by atoms with Gasteiger partial charge in [-0.2, -0.15) is 5.10 Å². The number of benzene rings is 1. The molecule has 6 heteroatoms. The first kappa shape index (κ1) is 16.6. The number of nitrogens with zero attached hydrogens (tertiary/aromatic N) is 1. The lowest BCUT2D eigenvalue weighted by Gasteiger charge is -2.11. The van der Waals surface area contributed by atoms with E-state index in [1.165, 1.54) is 5.56 Å². The van der Waals surface area contributed by atoms with Crippen LogP contribution < -0.4 is 10.9 Å². The molecule has 0 bridgehead atoms. The highest BCUT2D eigenvalue weighted by Crippen LogP contribution is 2.22. The molecule has 0 saturated carbocycles. The van der Waals surface area contributed by atoms with Gasteiger partial charge in [0.25, 0.3) is 11.5 Å². The van der Waals surface area contributed by atoms with E-state index in [4.69, 9.17) is 0 Å². The topological polar surface area (TPSA) is 90.6 Å². The Morgan fingerprint density at radius 3 is 2.77 bits per heavy atom. The molecule has 2 aromatic heterocycles. The molecule has 6 nitrogen and oxygen atoms in total. The van der Waals surface area contributed by atoms with E-state index in [1.54, 1.807) is 0 Å². The van der Waals surface area contributed by atoms with Crippen molar-refractivity contribution < 1.29 is 4.79 Å². The van der Waals surface area contributed by atoms with E-state index in [1.807, 2.05) is 26.0 Å². The summed E-state index contributed by atoms with van der Waals surface area (Å²) in [4.78, 5) is 27.8. The number of aromatic amines is 2. The van der Waals surface area contributed by atoms with Gasteiger partial charge in [-0.25, -0.2) is 0 Å². The fourth-order valence-corrected chi connectivity index (χ4v) is 3.58. The lowest BCUT2D eigenvalue weighted by atomic mass is 9.96. The van der Waals surface area contributed by atoms with E-state index in [-0.39, 0.29) is 18.0 Å². The van der Waals surface area contributed by atoms with Crippen LogP contribution in [0, 0.1) is 13.8 Å². The van der Waals surface area contributed by atoms with Crippen molar-refractivity contribution in [3.8, 4) is 0 Å². The van der Waals surface area contributed by atoms with Crippen LogP contribution in [0.4, 0.5) is 0 Å². The number of hydrogen-bond donors (Lipinski definition) is 3. The van der Waals surface area contributed by atoms with Crippen LogP contribution in [-0.2, 0) is 19.4 Å². The van der Waals surface area contributed by atoms with E-state index in [2.05, 4.69) is 26.6 Å². The fraction of sp³-hybridized carbons (Fsp3) is 0.350. The van der Waals surface area contributed by atoms with Gasteiger partial charge in [-0.15, -0.1) is 0 Å². The van der Waals surface area contributed by atoms with Gasteiger partial charge in [-0.05, 0) is 74.2 Å². The summed E-state index contributed by atoms with van der Waals surface area (Å²) < 4.78 is 0. The smallest absolute Gasteiger partial charge is 0.272 e. The molecular weight excluding hydrogens is 328 g/mol. The summed E-state index contributed by atoms with van der Waals surface area (Å²) in [7, 11) is 0. The predicted molar refractivity (Wildman–Crippen MR) is 100 cm³/mol. The molecule has 0 saturated heterocycles. The van der Waals surface area contributed by atoms with Crippen molar-refractivity contribution >= 4 is 16.8 Å². The maximum Gasteiger partial charge on any atom is 0.272 e. The van der Waals surface area contributed by atoms with Gasteiger partial charge in [-0.3, -0.25) is 14.7 Å². The number of amides is 1. The fourth-order valence-electron chi connectivity index (χ4n) is 3.58. The van der Waals surface area contributed by atoms with Gasteiger partial charge in [0, 0.05) is 28.9 Å². The zero-order valence-corrected chi connectivity index (χ0v) is 15.0. The summed E-state index contributed by atoms with van der Waals surface area (Å²) in [6.07, 6.45) is 4.03. The molecule has 0 radical (unpaired) electrons. The molecule has 0 atom stereocenters. The normalized spacial score (nSPS) is 13.6. The second-order valence-corrected chi connectivity index (χ2v) is 7.07. The van der Waals surface area contributed by atoms with E-state index in [0.29, 0.717) is 11.3 Å². The number of carbonyl (C=O) groups excluding carboxylic acids is 1. The van der Waals surface area contributed by atoms with Crippen LogP contribution >= 0.6 is 0 Å². The third kappa shape index (κ3) is 2.92. The Morgan fingerprint density at radius 1 is 1.15 bits per heavy atom. The number of nitrogens with one attached hydrogen (secondary N) is 3. The zero-order chi connectivity index (χ0) is 18.3. The van der Waals surface area contributed by atoms with Crippen LogP contribution in [-0.4, -0.2) is 21.1 Å². The van der Waals surface area contributed by atoms with Gasteiger partial charge in [0.1, 0.15) is 0 Å². The van der Waals surface area contributed by atoms with Crippen molar-refractivity contribution in [2.45, 2.75) is 46.1 Å². The molecule has 26 heavy (non-hydrogen) atoms. The van der Waals surface area contributed by atoms with Gasteiger partial charge in [0.2, 0.25) is 0 Å². The highest BCUT2D eigenvalue weighted by Gasteiger charge is 2.21. The van der Waals surface area contributed by atoms with Crippen LogP contribution in [0.1, 0.15) is 51.3 Å². The Balaban J connectivity index is 1.57. The number of fused-ring (bicyclic) bond motifs is 2. The van der Waals surface area contributed by atoms with Gasteiger partial charge >= 0.3 is 0 Å². The Morgan fingerprint density at radius 2 is 1.92 bits per heavy atom. The highest BCUT2D eigenvalue weighted by atomic mass is 16.2. The summed E-state index contributed by atoms with van der Waals surface area (Å²) in [6.45, 7) is 4.24.